The molecule has 0 spiro atoms. The Balaban J connectivity index is 1.61. The molecule has 0 aliphatic carbocycles. The molecular formula is C20H19ClF2N4O2. The second-order valence-corrected chi connectivity index (χ2v) is 6.95. The molecule has 9 heteroatoms. The molecule has 1 N–H and O–H groups in total. The van der Waals surface area contributed by atoms with Gasteiger partial charge in [0.15, 0.2) is 0 Å². The lowest BCUT2D eigenvalue weighted by Gasteiger charge is -2.32. The number of aromatic nitrogens is 3. The van der Waals surface area contributed by atoms with Gasteiger partial charge in [-0.15, -0.1) is 0 Å². The van der Waals surface area contributed by atoms with E-state index in [-0.39, 0.29) is 17.8 Å². The van der Waals surface area contributed by atoms with Crippen LogP contribution < -0.4 is 14.8 Å². The molecule has 1 aliphatic rings. The molecule has 2 aromatic carbocycles. The number of halogens is 3. The quantitative estimate of drug-likeness (QED) is 0.602. The van der Waals surface area contributed by atoms with Crippen molar-refractivity contribution in [3.05, 3.63) is 64.9 Å². The topological polar surface area (TPSA) is 61.2 Å². The van der Waals surface area contributed by atoms with Crippen LogP contribution in [0.4, 0.5) is 14.7 Å². The molecule has 1 aromatic heterocycles. The summed E-state index contributed by atoms with van der Waals surface area (Å²) in [5, 5.41) is 8.24. The number of rotatable bonds is 6. The zero-order chi connectivity index (χ0) is 20.4. The third kappa shape index (κ3) is 4.12. The number of fused-ring (bicyclic) bond motifs is 1. The summed E-state index contributed by atoms with van der Waals surface area (Å²) in [4.78, 5) is 4.29. The van der Waals surface area contributed by atoms with Crippen LogP contribution in [0.2, 0.25) is 5.02 Å². The van der Waals surface area contributed by atoms with Crippen molar-refractivity contribution in [2.45, 2.75) is 32.0 Å². The molecule has 0 fully saturated rings. The molecule has 0 radical (unpaired) electrons. The number of benzene rings is 2. The van der Waals surface area contributed by atoms with E-state index in [0.717, 1.165) is 11.1 Å². The number of ether oxygens (including phenoxy) is 2. The highest BCUT2D eigenvalue weighted by Crippen LogP contribution is 2.39. The first-order chi connectivity index (χ1) is 14.0. The van der Waals surface area contributed by atoms with Gasteiger partial charge >= 0.3 is 6.61 Å². The Labute approximate surface area is 171 Å². The van der Waals surface area contributed by atoms with Crippen molar-refractivity contribution < 1.29 is 18.3 Å². The first-order valence-corrected chi connectivity index (χ1v) is 9.56. The zero-order valence-corrected chi connectivity index (χ0v) is 16.3. The molecule has 0 unspecified atom stereocenters. The molecule has 152 valence electrons. The summed E-state index contributed by atoms with van der Waals surface area (Å²) >= 11 is 6.36. The predicted molar refractivity (Wildman–Crippen MR) is 105 cm³/mol. The van der Waals surface area contributed by atoms with E-state index < -0.39 is 6.61 Å². The number of hydrogen-bond donors (Lipinski definition) is 1. The summed E-state index contributed by atoms with van der Waals surface area (Å²) in [6, 6.07) is 12.1. The van der Waals surface area contributed by atoms with E-state index in [1.165, 1.54) is 18.5 Å². The lowest BCUT2D eigenvalue weighted by atomic mass is 9.93. The molecule has 0 bridgehead atoms. The van der Waals surface area contributed by atoms with Crippen molar-refractivity contribution in [3.63, 3.8) is 0 Å². The fraction of sp³-hybridized carbons (Fsp3) is 0.300. The molecule has 4 rings (SSSR count). The van der Waals surface area contributed by atoms with E-state index in [1.54, 1.807) is 16.8 Å². The van der Waals surface area contributed by atoms with Crippen molar-refractivity contribution in [2.75, 3.05) is 11.9 Å². The van der Waals surface area contributed by atoms with E-state index in [9.17, 15) is 8.78 Å². The summed E-state index contributed by atoms with van der Waals surface area (Å²) in [5.41, 5.74) is 1.91. The molecule has 1 aliphatic heterocycles. The van der Waals surface area contributed by atoms with Gasteiger partial charge in [-0.1, -0.05) is 29.8 Å². The van der Waals surface area contributed by atoms with Crippen LogP contribution in [0.5, 0.6) is 11.5 Å². The van der Waals surface area contributed by atoms with Crippen LogP contribution in [0.3, 0.4) is 0 Å². The summed E-state index contributed by atoms with van der Waals surface area (Å²) in [5.74, 6) is 1.39. The Kier molecular flexibility index (Phi) is 5.53. The summed E-state index contributed by atoms with van der Waals surface area (Å²) in [6.07, 6.45) is 2.16. The predicted octanol–water partition coefficient (Wildman–Crippen LogP) is 5.08. The molecule has 29 heavy (non-hydrogen) atoms. The summed E-state index contributed by atoms with van der Waals surface area (Å²) in [7, 11) is 0. The maximum Gasteiger partial charge on any atom is 0.387 e. The number of nitrogens with one attached hydrogen (secondary N) is 1. The number of hydrogen-bond acceptors (Lipinski definition) is 5. The number of nitrogens with zero attached hydrogens (tertiary/aromatic N) is 3. The second-order valence-electron chi connectivity index (χ2n) is 6.55. The molecule has 3 aromatic rings. The maximum atomic E-state index is 12.4. The minimum Gasteiger partial charge on any atom is -0.492 e. The van der Waals surface area contributed by atoms with Gasteiger partial charge in [-0.2, -0.15) is 18.9 Å². The van der Waals surface area contributed by atoms with E-state index in [1.807, 2.05) is 25.1 Å². The third-order valence-electron chi connectivity index (χ3n) is 4.78. The highest BCUT2D eigenvalue weighted by atomic mass is 35.5. The van der Waals surface area contributed by atoms with Crippen molar-refractivity contribution in [3.8, 4) is 11.5 Å². The van der Waals surface area contributed by atoms with Gasteiger partial charge < -0.3 is 14.8 Å². The van der Waals surface area contributed by atoms with Gasteiger partial charge in [-0.3, -0.25) is 0 Å². The van der Waals surface area contributed by atoms with E-state index in [0.29, 0.717) is 29.7 Å². The first kappa shape index (κ1) is 19.4. The lowest BCUT2D eigenvalue weighted by Crippen LogP contribution is -2.28. The maximum absolute atomic E-state index is 12.4. The largest absolute Gasteiger partial charge is 0.492 e. The van der Waals surface area contributed by atoms with Crippen LogP contribution in [-0.2, 0) is 0 Å². The molecule has 2 atom stereocenters. The zero-order valence-electron chi connectivity index (χ0n) is 15.6. The molecular weight excluding hydrogens is 402 g/mol. The molecule has 2 heterocycles. The fourth-order valence-corrected chi connectivity index (χ4v) is 3.74. The minimum absolute atomic E-state index is 0.0538. The molecule has 0 saturated heterocycles. The smallest absolute Gasteiger partial charge is 0.387 e. The van der Waals surface area contributed by atoms with Crippen molar-refractivity contribution in [1.29, 1.82) is 0 Å². The fourth-order valence-electron chi connectivity index (χ4n) is 3.49. The normalized spacial score (nSPS) is 18.2. The van der Waals surface area contributed by atoms with Gasteiger partial charge in [0, 0.05) is 0 Å². The van der Waals surface area contributed by atoms with Crippen LogP contribution in [0, 0.1) is 0 Å². The molecule has 0 amide bonds. The van der Waals surface area contributed by atoms with E-state index in [4.69, 9.17) is 16.3 Å². The Morgan fingerprint density at radius 3 is 2.66 bits per heavy atom. The number of anilines is 1. The monoisotopic (exact) mass is 420 g/mol. The number of alkyl halides is 2. The SMILES string of the molecule is CCOc1ccc([C@H]2C[C@H](c3ccc(OC(F)F)cc3)n3ncnc3N2)cc1Cl. The van der Waals surface area contributed by atoms with E-state index >= 15 is 0 Å². The Morgan fingerprint density at radius 2 is 1.97 bits per heavy atom. The average Bonchev–Trinajstić information content (AvgIpc) is 3.18. The van der Waals surface area contributed by atoms with Crippen LogP contribution in [0.1, 0.15) is 36.6 Å². The van der Waals surface area contributed by atoms with E-state index in [2.05, 4.69) is 20.1 Å². The van der Waals surface area contributed by atoms with Crippen molar-refractivity contribution >= 4 is 17.5 Å². The van der Waals surface area contributed by atoms with Crippen molar-refractivity contribution in [1.82, 2.24) is 14.8 Å². The van der Waals surface area contributed by atoms with Gasteiger partial charge in [-0.25, -0.2) is 4.68 Å². The van der Waals surface area contributed by atoms with Crippen LogP contribution in [0.15, 0.2) is 48.8 Å². The lowest BCUT2D eigenvalue weighted by molar-refractivity contribution is -0.0498. The minimum atomic E-state index is -2.85. The first-order valence-electron chi connectivity index (χ1n) is 9.18. The third-order valence-corrected chi connectivity index (χ3v) is 5.07. The van der Waals surface area contributed by atoms with Gasteiger partial charge in [0.25, 0.3) is 0 Å². The van der Waals surface area contributed by atoms with Crippen LogP contribution in [-0.4, -0.2) is 28.0 Å². The Bertz CT molecular complexity index is 981. The summed E-state index contributed by atoms with van der Waals surface area (Å²) in [6.45, 7) is -0.408. The summed E-state index contributed by atoms with van der Waals surface area (Å²) < 4.78 is 36.5. The highest BCUT2D eigenvalue weighted by molar-refractivity contribution is 6.32. The Morgan fingerprint density at radius 1 is 1.21 bits per heavy atom. The average molecular weight is 421 g/mol. The molecule has 0 saturated carbocycles. The van der Waals surface area contributed by atoms with Gasteiger partial charge in [0.05, 0.1) is 23.7 Å². The Hall–Kier alpha value is -2.87. The van der Waals surface area contributed by atoms with Crippen LogP contribution >= 0.6 is 11.6 Å². The van der Waals surface area contributed by atoms with Crippen molar-refractivity contribution in [2.24, 2.45) is 0 Å². The van der Waals surface area contributed by atoms with Gasteiger partial charge in [0.1, 0.15) is 17.8 Å². The molecule has 6 nitrogen and oxygen atoms in total. The van der Waals surface area contributed by atoms with Crippen LogP contribution in [0.25, 0.3) is 0 Å². The second kappa shape index (κ2) is 8.24. The van der Waals surface area contributed by atoms with Gasteiger partial charge in [0.2, 0.25) is 5.95 Å². The standard InChI is InChI=1S/C20H19ClF2N4O2/c1-2-28-18-8-5-13(9-15(18)21)16-10-17(27-20(26-16)24-11-25-27)12-3-6-14(7-4-12)29-19(22)23/h3-9,11,16-17,19H,2,10H2,1H3,(H,24,25,26)/t16-,17-/m1/s1. The highest BCUT2D eigenvalue weighted by Gasteiger charge is 2.30. The van der Waals surface area contributed by atoms with Gasteiger partial charge in [-0.05, 0) is 48.7 Å².